The van der Waals surface area contributed by atoms with Crippen LogP contribution in [0.15, 0.2) is 43.0 Å². The highest BCUT2D eigenvalue weighted by atomic mass is 14.6. The van der Waals surface area contributed by atoms with Crippen molar-refractivity contribution in [3.8, 4) is 0 Å². The third kappa shape index (κ3) is 2.23. The van der Waals surface area contributed by atoms with Crippen molar-refractivity contribution in [2.24, 2.45) is 0 Å². The molecule has 0 bridgehead atoms. The number of hydrogen-bond donors (Lipinski definition) is 2. The fraction of sp³-hybridized carbons (Fsp3) is 0.158. The van der Waals surface area contributed by atoms with Crippen LogP contribution in [-0.4, -0.2) is 0 Å². The van der Waals surface area contributed by atoms with Gasteiger partial charge in [-0.1, -0.05) is 30.9 Å². The van der Waals surface area contributed by atoms with Gasteiger partial charge in [-0.2, -0.15) is 0 Å². The van der Waals surface area contributed by atoms with Crippen molar-refractivity contribution in [3.63, 3.8) is 0 Å². The Balaban J connectivity index is 2.12. The van der Waals surface area contributed by atoms with Crippen LogP contribution in [0.4, 0.5) is 11.4 Å². The van der Waals surface area contributed by atoms with Gasteiger partial charge in [0.05, 0.1) is 0 Å². The van der Waals surface area contributed by atoms with Gasteiger partial charge in [-0.3, -0.25) is 0 Å². The van der Waals surface area contributed by atoms with Gasteiger partial charge in [-0.15, -0.1) is 0 Å². The van der Waals surface area contributed by atoms with E-state index in [1.54, 1.807) is 0 Å². The van der Waals surface area contributed by atoms with Crippen LogP contribution in [0.5, 0.6) is 0 Å². The SMILES string of the molecule is C=C1C=C(c2cccc(N)c2)Cc2cc(C)c(C)c(N)c21. The zero-order valence-electron chi connectivity index (χ0n) is 12.5. The first-order valence-electron chi connectivity index (χ1n) is 7.11. The zero-order valence-corrected chi connectivity index (χ0v) is 12.5. The van der Waals surface area contributed by atoms with Gasteiger partial charge < -0.3 is 11.5 Å². The molecule has 0 spiro atoms. The number of nitrogens with two attached hydrogens (primary N) is 2. The van der Waals surface area contributed by atoms with Gasteiger partial charge in [0.15, 0.2) is 0 Å². The molecule has 0 aromatic heterocycles. The van der Waals surface area contributed by atoms with E-state index in [0.29, 0.717) is 0 Å². The Hall–Kier alpha value is -2.48. The van der Waals surface area contributed by atoms with Crippen molar-refractivity contribution in [1.29, 1.82) is 0 Å². The lowest BCUT2D eigenvalue weighted by Gasteiger charge is -2.23. The summed E-state index contributed by atoms with van der Waals surface area (Å²) in [6.45, 7) is 8.37. The lowest BCUT2D eigenvalue weighted by molar-refractivity contribution is 1.20. The monoisotopic (exact) mass is 276 g/mol. The summed E-state index contributed by atoms with van der Waals surface area (Å²) in [4.78, 5) is 0. The summed E-state index contributed by atoms with van der Waals surface area (Å²) < 4.78 is 0. The van der Waals surface area contributed by atoms with Crippen LogP contribution in [0.25, 0.3) is 11.1 Å². The molecule has 0 atom stereocenters. The molecule has 3 rings (SSSR count). The van der Waals surface area contributed by atoms with Crippen molar-refractivity contribution in [2.45, 2.75) is 20.3 Å². The molecule has 106 valence electrons. The van der Waals surface area contributed by atoms with E-state index in [4.69, 9.17) is 11.5 Å². The van der Waals surface area contributed by atoms with E-state index in [1.807, 2.05) is 18.2 Å². The van der Waals surface area contributed by atoms with Crippen LogP contribution in [0, 0.1) is 13.8 Å². The fourth-order valence-corrected chi connectivity index (χ4v) is 3.00. The number of hydrogen-bond acceptors (Lipinski definition) is 2. The topological polar surface area (TPSA) is 52.0 Å². The van der Waals surface area contributed by atoms with Gasteiger partial charge in [-0.05, 0) is 65.8 Å². The number of allylic oxidation sites excluding steroid dienone is 3. The first-order chi connectivity index (χ1) is 9.97. The molecule has 0 aliphatic heterocycles. The second-order valence-corrected chi connectivity index (χ2v) is 5.76. The van der Waals surface area contributed by atoms with Crippen molar-refractivity contribution >= 4 is 22.5 Å². The van der Waals surface area contributed by atoms with Crippen molar-refractivity contribution in [3.05, 3.63) is 70.8 Å². The van der Waals surface area contributed by atoms with E-state index in [-0.39, 0.29) is 0 Å². The molecule has 0 unspecified atom stereocenters. The highest BCUT2D eigenvalue weighted by Crippen LogP contribution is 2.38. The highest BCUT2D eigenvalue weighted by Gasteiger charge is 2.19. The standard InChI is InChI=1S/C19H20N2/c1-11-7-16-9-15(14-5-4-6-17(20)10-14)8-12(2)18(16)19(21)13(11)3/h4-8,10H,2,9,20-21H2,1,3H3. The molecular weight excluding hydrogens is 256 g/mol. The number of nitrogen functional groups attached to an aromatic ring is 2. The molecule has 0 radical (unpaired) electrons. The Morgan fingerprint density at radius 2 is 1.86 bits per heavy atom. The lowest BCUT2D eigenvalue weighted by atomic mass is 9.82. The van der Waals surface area contributed by atoms with Gasteiger partial charge in [-0.25, -0.2) is 0 Å². The van der Waals surface area contributed by atoms with Crippen LogP contribution < -0.4 is 11.5 Å². The second kappa shape index (κ2) is 4.81. The zero-order chi connectivity index (χ0) is 15.1. The quantitative estimate of drug-likeness (QED) is 0.770. The van der Waals surface area contributed by atoms with Gasteiger partial charge in [0.2, 0.25) is 0 Å². The molecule has 0 amide bonds. The molecule has 2 aromatic rings. The normalized spacial score (nSPS) is 13.8. The largest absolute Gasteiger partial charge is 0.399 e. The molecule has 0 heterocycles. The Bertz CT molecular complexity index is 782. The third-order valence-corrected chi connectivity index (χ3v) is 4.28. The molecule has 2 heteroatoms. The summed E-state index contributed by atoms with van der Waals surface area (Å²) >= 11 is 0. The van der Waals surface area contributed by atoms with E-state index in [1.165, 1.54) is 16.7 Å². The molecule has 1 aliphatic rings. The van der Waals surface area contributed by atoms with Gasteiger partial charge in [0.1, 0.15) is 0 Å². The van der Waals surface area contributed by atoms with Crippen molar-refractivity contribution < 1.29 is 0 Å². The minimum absolute atomic E-state index is 0.782. The maximum Gasteiger partial charge on any atom is 0.0428 e. The Morgan fingerprint density at radius 3 is 2.57 bits per heavy atom. The number of benzene rings is 2. The Morgan fingerprint density at radius 1 is 1.10 bits per heavy atom. The van der Waals surface area contributed by atoms with E-state index in [0.717, 1.165) is 40.1 Å². The highest BCUT2D eigenvalue weighted by molar-refractivity contribution is 5.93. The summed E-state index contributed by atoms with van der Waals surface area (Å²) in [7, 11) is 0. The molecule has 0 saturated carbocycles. The van der Waals surface area contributed by atoms with Crippen LogP contribution in [-0.2, 0) is 6.42 Å². The number of fused-ring (bicyclic) bond motifs is 1. The average molecular weight is 276 g/mol. The Kier molecular flexibility index (Phi) is 3.09. The maximum atomic E-state index is 6.29. The average Bonchev–Trinajstić information content (AvgIpc) is 2.44. The Labute approximate surface area is 125 Å². The minimum atomic E-state index is 0.782. The fourth-order valence-electron chi connectivity index (χ4n) is 3.00. The summed E-state index contributed by atoms with van der Waals surface area (Å²) in [6, 6.07) is 10.2. The van der Waals surface area contributed by atoms with Crippen LogP contribution in [0.1, 0.15) is 27.8 Å². The van der Waals surface area contributed by atoms with Crippen LogP contribution in [0.2, 0.25) is 0 Å². The molecule has 1 aliphatic carbocycles. The first-order valence-corrected chi connectivity index (χ1v) is 7.11. The minimum Gasteiger partial charge on any atom is -0.399 e. The predicted molar refractivity (Wildman–Crippen MR) is 91.9 cm³/mol. The molecule has 0 fully saturated rings. The van der Waals surface area contributed by atoms with Crippen molar-refractivity contribution in [1.82, 2.24) is 0 Å². The molecule has 2 nitrogen and oxygen atoms in total. The lowest BCUT2D eigenvalue weighted by Crippen LogP contribution is -2.08. The molecule has 2 aromatic carbocycles. The first kappa shape index (κ1) is 13.5. The van der Waals surface area contributed by atoms with E-state index in [9.17, 15) is 0 Å². The molecule has 21 heavy (non-hydrogen) atoms. The van der Waals surface area contributed by atoms with Gasteiger partial charge >= 0.3 is 0 Å². The summed E-state index contributed by atoms with van der Waals surface area (Å²) in [5.74, 6) is 0. The van der Waals surface area contributed by atoms with Crippen LogP contribution in [0.3, 0.4) is 0 Å². The molecular formula is C19H20N2. The molecule has 4 N–H and O–H groups in total. The molecule has 0 saturated heterocycles. The second-order valence-electron chi connectivity index (χ2n) is 5.76. The van der Waals surface area contributed by atoms with E-state index >= 15 is 0 Å². The smallest absolute Gasteiger partial charge is 0.0428 e. The van der Waals surface area contributed by atoms with E-state index < -0.39 is 0 Å². The predicted octanol–water partition coefficient (Wildman–Crippen LogP) is 4.12. The number of aryl methyl sites for hydroxylation is 1. The van der Waals surface area contributed by atoms with Crippen LogP contribution >= 0.6 is 0 Å². The van der Waals surface area contributed by atoms with Crippen molar-refractivity contribution in [2.75, 3.05) is 11.5 Å². The number of rotatable bonds is 1. The maximum absolute atomic E-state index is 6.29. The summed E-state index contributed by atoms with van der Waals surface area (Å²) in [6.07, 6.45) is 2.99. The third-order valence-electron chi connectivity index (χ3n) is 4.28. The number of anilines is 2. The van der Waals surface area contributed by atoms with Gasteiger partial charge in [0.25, 0.3) is 0 Å². The summed E-state index contributed by atoms with van der Waals surface area (Å²) in [5, 5.41) is 0. The summed E-state index contributed by atoms with van der Waals surface area (Å²) in [5.41, 5.74) is 21.9. The van der Waals surface area contributed by atoms with E-state index in [2.05, 4.69) is 38.6 Å². The van der Waals surface area contributed by atoms with Gasteiger partial charge in [0, 0.05) is 16.9 Å².